The molecule has 0 aliphatic heterocycles. The lowest BCUT2D eigenvalue weighted by Gasteiger charge is -2.20. The number of pyridine rings is 1. The van der Waals surface area contributed by atoms with Gasteiger partial charge in [0.1, 0.15) is 10.0 Å². The third-order valence-electron chi connectivity index (χ3n) is 3.65. The van der Waals surface area contributed by atoms with Crippen LogP contribution in [0.1, 0.15) is 29.9 Å². The molecule has 2 rings (SSSR count). The van der Waals surface area contributed by atoms with Gasteiger partial charge in [-0.2, -0.15) is 5.10 Å². The highest BCUT2D eigenvalue weighted by molar-refractivity contribution is 6.46. The molecular weight excluding hydrogens is 399 g/mol. The van der Waals surface area contributed by atoms with E-state index in [1.165, 1.54) is 0 Å². The van der Waals surface area contributed by atoms with Crippen molar-refractivity contribution in [1.29, 1.82) is 0 Å². The molecule has 2 aromatic rings. The Morgan fingerprint density at radius 2 is 1.81 bits per heavy atom. The van der Waals surface area contributed by atoms with Crippen LogP contribution in [0.5, 0.6) is 0 Å². The van der Waals surface area contributed by atoms with Crippen molar-refractivity contribution in [3.8, 4) is 0 Å². The highest BCUT2D eigenvalue weighted by Crippen LogP contribution is 2.36. The van der Waals surface area contributed by atoms with Crippen molar-refractivity contribution in [2.24, 2.45) is 5.10 Å². The second-order valence-corrected chi connectivity index (χ2v) is 6.31. The minimum atomic E-state index is -1.31. The Morgan fingerprint density at radius 1 is 1.19 bits per heavy atom. The average molecular weight is 416 g/mol. The topological polar surface area (TPSA) is 77.8 Å². The molecule has 0 amide bonds. The zero-order valence-corrected chi connectivity index (χ0v) is 16.4. The molecular formula is C17H17Cl3N4O2. The second-order valence-electron chi connectivity index (χ2n) is 5.19. The van der Waals surface area contributed by atoms with E-state index in [1.807, 2.05) is 24.3 Å². The lowest BCUT2D eigenvalue weighted by Crippen LogP contribution is -2.21. The largest absolute Gasteiger partial charge is 0.476 e. The smallest absolute Gasteiger partial charge is 0.356 e. The predicted molar refractivity (Wildman–Crippen MR) is 107 cm³/mol. The molecule has 0 unspecified atom stereocenters. The lowest BCUT2D eigenvalue weighted by atomic mass is 10.2. The van der Waals surface area contributed by atoms with E-state index >= 15 is 0 Å². The van der Waals surface area contributed by atoms with Crippen LogP contribution in [-0.4, -0.2) is 35.4 Å². The van der Waals surface area contributed by atoms with Gasteiger partial charge in [0.25, 0.3) is 0 Å². The number of rotatable bonds is 7. The minimum absolute atomic E-state index is 0.00398. The normalized spacial score (nSPS) is 11.0. The summed E-state index contributed by atoms with van der Waals surface area (Å²) < 4.78 is 0. The molecule has 0 saturated carbocycles. The quantitative estimate of drug-likeness (QED) is 0.376. The molecule has 6 nitrogen and oxygen atoms in total. The van der Waals surface area contributed by atoms with Gasteiger partial charge in [0.15, 0.2) is 10.8 Å². The van der Waals surface area contributed by atoms with Crippen molar-refractivity contribution < 1.29 is 9.90 Å². The van der Waals surface area contributed by atoms with Crippen LogP contribution in [0, 0.1) is 0 Å². The molecule has 1 aromatic carbocycles. The molecule has 2 N–H and O–H groups in total. The predicted octanol–water partition coefficient (Wildman–Crippen LogP) is 5.03. The summed E-state index contributed by atoms with van der Waals surface area (Å²) in [5, 5.41) is 12.8. The van der Waals surface area contributed by atoms with Crippen LogP contribution in [0.25, 0.3) is 0 Å². The molecule has 0 bridgehead atoms. The average Bonchev–Trinajstić information content (AvgIpc) is 2.63. The van der Waals surface area contributed by atoms with E-state index in [-0.39, 0.29) is 20.9 Å². The Labute approximate surface area is 166 Å². The summed E-state index contributed by atoms with van der Waals surface area (Å²) in [5.41, 5.74) is 4.29. The fraction of sp³-hybridized carbons (Fsp3) is 0.235. The second kappa shape index (κ2) is 9.07. The number of hydrazone groups is 1. The highest BCUT2D eigenvalue weighted by atomic mass is 35.5. The van der Waals surface area contributed by atoms with E-state index in [0.29, 0.717) is 0 Å². The first-order valence-electron chi connectivity index (χ1n) is 7.80. The highest BCUT2D eigenvalue weighted by Gasteiger charge is 2.20. The van der Waals surface area contributed by atoms with Gasteiger partial charge in [0, 0.05) is 18.8 Å². The summed E-state index contributed by atoms with van der Waals surface area (Å²) >= 11 is 17.9. The molecule has 0 fully saturated rings. The number of benzene rings is 1. The molecule has 0 aliphatic carbocycles. The summed E-state index contributed by atoms with van der Waals surface area (Å²) in [6.07, 6.45) is 1.56. The van der Waals surface area contributed by atoms with E-state index in [9.17, 15) is 4.79 Å². The summed E-state index contributed by atoms with van der Waals surface area (Å²) in [6, 6.07) is 7.84. The Bertz CT molecular complexity index is 822. The Morgan fingerprint density at radius 3 is 2.35 bits per heavy atom. The van der Waals surface area contributed by atoms with Crippen molar-refractivity contribution in [2.75, 3.05) is 23.4 Å². The molecule has 9 heteroatoms. The molecule has 26 heavy (non-hydrogen) atoms. The van der Waals surface area contributed by atoms with Gasteiger partial charge in [0.2, 0.25) is 0 Å². The zero-order chi connectivity index (χ0) is 19.3. The minimum Gasteiger partial charge on any atom is -0.476 e. The number of anilines is 2. The van der Waals surface area contributed by atoms with Crippen LogP contribution >= 0.6 is 34.8 Å². The van der Waals surface area contributed by atoms with Gasteiger partial charge >= 0.3 is 5.97 Å². The summed E-state index contributed by atoms with van der Waals surface area (Å²) in [4.78, 5) is 17.0. The van der Waals surface area contributed by atoms with Gasteiger partial charge in [-0.25, -0.2) is 9.78 Å². The molecule has 0 radical (unpaired) electrons. The summed E-state index contributed by atoms with van der Waals surface area (Å²) in [5.74, 6) is -1.31. The molecule has 1 aromatic heterocycles. The number of nitrogens with zero attached hydrogens (tertiary/aromatic N) is 3. The van der Waals surface area contributed by atoms with Crippen molar-refractivity contribution in [3.63, 3.8) is 0 Å². The van der Waals surface area contributed by atoms with E-state index in [2.05, 4.69) is 34.3 Å². The van der Waals surface area contributed by atoms with Gasteiger partial charge in [-0.15, -0.1) is 0 Å². The zero-order valence-electron chi connectivity index (χ0n) is 14.1. The third kappa shape index (κ3) is 4.58. The fourth-order valence-electron chi connectivity index (χ4n) is 2.29. The Kier molecular flexibility index (Phi) is 7.08. The number of carboxylic acids is 1. The molecule has 1 heterocycles. The number of halogens is 3. The number of aromatic nitrogens is 1. The van der Waals surface area contributed by atoms with Crippen LogP contribution in [0.15, 0.2) is 29.4 Å². The summed E-state index contributed by atoms with van der Waals surface area (Å²) in [6.45, 7) is 6.05. The van der Waals surface area contributed by atoms with Crippen molar-refractivity contribution in [2.45, 2.75) is 13.8 Å². The molecule has 0 saturated heterocycles. The fourth-order valence-corrected chi connectivity index (χ4v) is 2.95. The molecule has 138 valence electrons. The number of hydrogen-bond acceptors (Lipinski definition) is 5. The van der Waals surface area contributed by atoms with Crippen LogP contribution < -0.4 is 10.3 Å². The maximum atomic E-state index is 11.2. The standard InChI is InChI=1S/C17H17Cl3N4O2/c1-3-24(4-2)11-7-5-10(6-8-11)9-21-23-14-12(18)15(17(25)26)22-16(20)13(14)19/h5-9H,3-4H2,1-2H3,(H,22,23)(H,25,26)/b21-9-. The number of aromatic carboxylic acids is 1. The van der Waals surface area contributed by atoms with Crippen molar-refractivity contribution >= 4 is 58.4 Å². The first-order valence-corrected chi connectivity index (χ1v) is 8.94. The first kappa shape index (κ1) is 20.3. The van der Waals surface area contributed by atoms with Crippen LogP contribution in [0.4, 0.5) is 11.4 Å². The van der Waals surface area contributed by atoms with Crippen LogP contribution in [0.3, 0.4) is 0 Å². The van der Waals surface area contributed by atoms with E-state index < -0.39 is 11.7 Å². The monoisotopic (exact) mass is 414 g/mol. The third-order valence-corrected chi connectivity index (χ3v) is 4.76. The van der Waals surface area contributed by atoms with Gasteiger partial charge in [0.05, 0.1) is 11.9 Å². The van der Waals surface area contributed by atoms with E-state index in [0.717, 1.165) is 24.3 Å². The Hall–Kier alpha value is -2.02. The number of hydrogen-bond donors (Lipinski definition) is 2. The summed E-state index contributed by atoms with van der Waals surface area (Å²) in [7, 11) is 0. The van der Waals surface area contributed by atoms with Crippen LogP contribution in [-0.2, 0) is 0 Å². The number of carboxylic acid groups (broad SMARTS) is 1. The molecule has 0 spiro atoms. The van der Waals surface area contributed by atoms with Crippen molar-refractivity contribution in [1.82, 2.24) is 4.98 Å². The van der Waals surface area contributed by atoms with Gasteiger partial charge in [-0.3, -0.25) is 5.43 Å². The van der Waals surface area contributed by atoms with Gasteiger partial charge < -0.3 is 10.0 Å². The Balaban J connectivity index is 2.20. The molecule has 0 atom stereocenters. The lowest BCUT2D eigenvalue weighted by molar-refractivity contribution is 0.0691. The first-order chi connectivity index (χ1) is 12.4. The SMILES string of the molecule is CCN(CC)c1ccc(/C=N\Nc2c(Cl)c(Cl)nc(C(=O)O)c2Cl)cc1. The van der Waals surface area contributed by atoms with Gasteiger partial charge in [-0.1, -0.05) is 46.9 Å². The van der Waals surface area contributed by atoms with E-state index in [4.69, 9.17) is 39.9 Å². The van der Waals surface area contributed by atoms with Crippen molar-refractivity contribution in [3.05, 3.63) is 50.7 Å². The maximum Gasteiger partial charge on any atom is 0.356 e. The number of carbonyl (C=O) groups is 1. The van der Waals surface area contributed by atoms with E-state index in [1.54, 1.807) is 6.21 Å². The van der Waals surface area contributed by atoms with Crippen LogP contribution in [0.2, 0.25) is 15.2 Å². The molecule has 0 aliphatic rings. The maximum absolute atomic E-state index is 11.2. The van der Waals surface area contributed by atoms with Gasteiger partial charge in [-0.05, 0) is 31.5 Å². The number of nitrogens with one attached hydrogen (secondary N) is 1.